The normalized spacial score (nSPS) is 12.5. The third-order valence-corrected chi connectivity index (χ3v) is 4.60. The number of thiazole rings is 1. The number of rotatable bonds is 6. The molecular weight excluding hydrogens is 328 g/mol. The lowest BCUT2D eigenvalue weighted by molar-refractivity contribution is -0.389. The van der Waals surface area contributed by atoms with Crippen LogP contribution in [0.5, 0.6) is 5.75 Å². The zero-order valence-corrected chi connectivity index (χ0v) is 14.4. The summed E-state index contributed by atoms with van der Waals surface area (Å²) in [5, 5.41) is 16.5. The van der Waals surface area contributed by atoms with Crippen LogP contribution in [0.15, 0.2) is 35.8 Å². The average molecular weight is 346 g/mol. The van der Waals surface area contributed by atoms with E-state index in [1.807, 2.05) is 24.3 Å². The molecule has 2 heterocycles. The van der Waals surface area contributed by atoms with E-state index < -0.39 is 4.92 Å². The lowest BCUT2D eigenvalue weighted by Crippen LogP contribution is -2.17. The third kappa shape index (κ3) is 2.92. The van der Waals surface area contributed by atoms with Crippen molar-refractivity contribution < 1.29 is 9.66 Å². The molecule has 126 valence electrons. The van der Waals surface area contributed by atoms with Crippen LogP contribution in [0.2, 0.25) is 0 Å². The third-order valence-electron chi connectivity index (χ3n) is 3.84. The summed E-state index contributed by atoms with van der Waals surface area (Å²) in [7, 11) is 1.62. The molecule has 0 saturated heterocycles. The number of nitrogens with zero attached hydrogens (tertiary/aromatic N) is 3. The predicted molar refractivity (Wildman–Crippen MR) is 93.9 cm³/mol. The first kappa shape index (κ1) is 16.3. The van der Waals surface area contributed by atoms with Crippen molar-refractivity contribution >= 4 is 27.9 Å². The molecular formula is C16H18N4O3S. The topological polar surface area (TPSA) is 81.7 Å². The average Bonchev–Trinajstić information content (AvgIpc) is 3.12. The minimum atomic E-state index is -0.402. The monoisotopic (exact) mass is 346 g/mol. The molecule has 0 spiro atoms. The summed E-state index contributed by atoms with van der Waals surface area (Å²) in [4.78, 5) is 16.0. The van der Waals surface area contributed by atoms with E-state index in [4.69, 9.17) is 4.74 Å². The molecule has 8 heteroatoms. The quantitative estimate of drug-likeness (QED) is 0.536. The number of benzene rings is 1. The Bertz CT molecular complexity index is 854. The molecule has 3 aromatic rings. The molecule has 1 atom stereocenters. The fourth-order valence-corrected chi connectivity index (χ4v) is 3.35. The maximum Gasteiger partial charge on any atom is 0.372 e. The van der Waals surface area contributed by atoms with Gasteiger partial charge in [-0.2, -0.15) is 9.38 Å². The van der Waals surface area contributed by atoms with Crippen LogP contribution < -0.4 is 10.1 Å². The molecule has 0 radical (unpaired) electrons. The number of aromatic nitrogens is 2. The number of nitrogens with one attached hydrogen (secondary N) is 1. The summed E-state index contributed by atoms with van der Waals surface area (Å²) in [6, 6.07) is 7.58. The summed E-state index contributed by atoms with van der Waals surface area (Å²) in [6.45, 7) is 4.12. The molecule has 0 fully saturated rings. The minimum Gasteiger partial charge on any atom is -0.497 e. The van der Waals surface area contributed by atoms with Crippen molar-refractivity contribution in [3.8, 4) is 5.75 Å². The largest absolute Gasteiger partial charge is 0.497 e. The predicted octanol–water partition coefficient (Wildman–Crippen LogP) is 4.12. The van der Waals surface area contributed by atoms with Gasteiger partial charge in [0.1, 0.15) is 11.9 Å². The maximum absolute atomic E-state index is 11.5. The van der Waals surface area contributed by atoms with Crippen LogP contribution in [0.4, 0.5) is 11.6 Å². The summed E-state index contributed by atoms with van der Waals surface area (Å²) in [5.74, 6) is 1.25. The Balaban J connectivity index is 1.97. The highest BCUT2D eigenvalue weighted by atomic mass is 32.1. The number of ether oxygens (including phenoxy) is 1. The van der Waals surface area contributed by atoms with E-state index >= 15 is 0 Å². The highest BCUT2D eigenvalue weighted by Gasteiger charge is 2.27. The fourth-order valence-electron chi connectivity index (χ4n) is 2.64. The highest BCUT2D eigenvalue weighted by molar-refractivity contribution is 7.15. The van der Waals surface area contributed by atoms with Gasteiger partial charge in [0.25, 0.3) is 4.96 Å². The molecule has 0 aliphatic rings. The van der Waals surface area contributed by atoms with Crippen LogP contribution >= 0.6 is 11.3 Å². The van der Waals surface area contributed by atoms with Gasteiger partial charge in [0.15, 0.2) is 0 Å². The molecule has 1 N–H and O–H groups in total. The van der Waals surface area contributed by atoms with Crippen molar-refractivity contribution in [1.82, 2.24) is 9.38 Å². The van der Waals surface area contributed by atoms with Crippen molar-refractivity contribution in [2.45, 2.75) is 19.9 Å². The Labute approximate surface area is 143 Å². The second kappa shape index (κ2) is 6.48. The number of fused-ring (bicyclic) bond motifs is 1. The minimum absolute atomic E-state index is 0.0367. The Morgan fingerprint density at radius 1 is 1.33 bits per heavy atom. The van der Waals surface area contributed by atoms with Crippen LogP contribution in [-0.4, -0.2) is 21.4 Å². The van der Waals surface area contributed by atoms with Gasteiger partial charge in [0.2, 0.25) is 5.82 Å². The standard InChI is InChI=1S/C16H18N4O3S/c1-10(2)13(11-4-6-12(23-3)7-5-11)17-14-15(20(21)22)19-8-9-24-16(19)18-14/h4-10,13,17H,1-3H3/t13-/m1/s1. The van der Waals surface area contributed by atoms with Gasteiger partial charge in [0.05, 0.1) is 13.2 Å². The van der Waals surface area contributed by atoms with E-state index in [2.05, 4.69) is 24.1 Å². The van der Waals surface area contributed by atoms with E-state index in [9.17, 15) is 10.1 Å². The van der Waals surface area contributed by atoms with E-state index in [-0.39, 0.29) is 17.8 Å². The number of anilines is 1. The molecule has 1 aromatic carbocycles. The van der Waals surface area contributed by atoms with E-state index in [0.29, 0.717) is 10.8 Å². The smallest absolute Gasteiger partial charge is 0.372 e. The number of hydrogen-bond donors (Lipinski definition) is 1. The van der Waals surface area contributed by atoms with Crippen molar-refractivity contribution in [2.75, 3.05) is 12.4 Å². The number of nitro groups is 1. The van der Waals surface area contributed by atoms with Gasteiger partial charge in [-0.05, 0) is 28.5 Å². The first-order chi connectivity index (χ1) is 11.5. The van der Waals surface area contributed by atoms with Gasteiger partial charge >= 0.3 is 5.82 Å². The summed E-state index contributed by atoms with van der Waals surface area (Å²) in [5.41, 5.74) is 1.02. The Hall–Kier alpha value is -2.61. The molecule has 3 rings (SSSR count). The van der Waals surface area contributed by atoms with Crippen molar-refractivity contribution in [2.24, 2.45) is 5.92 Å². The Morgan fingerprint density at radius 3 is 2.62 bits per heavy atom. The second-order valence-electron chi connectivity index (χ2n) is 5.74. The van der Waals surface area contributed by atoms with Crippen molar-refractivity contribution in [3.05, 3.63) is 51.5 Å². The molecule has 0 saturated carbocycles. The summed E-state index contributed by atoms with van der Waals surface area (Å²) >= 11 is 1.37. The van der Waals surface area contributed by atoms with Crippen LogP contribution in [-0.2, 0) is 0 Å². The van der Waals surface area contributed by atoms with E-state index in [0.717, 1.165) is 11.3 Å². The zero-order chi connectivity index (χ0) is 17.3. The van der Waals surface area contributed by atoms with Gasteiger partial charge < -0.3 is 20.2 Å². The van der Waals surface area contributed by atoms with Gasteiger partial charge in [-0.25, -0.2) is 0 Å². The molecule has 7 nitrogen and oxygen atoms in total. The first-order valence-electron chi connectivity index (χ1n) is 7.51. The Morgan fingerprint density at radius 2 is 2.04 bits per heavy atom. The second-order valence-corrected chi connectivity index (χ2v) is 6.61. The van der Waals surface area contributed by atoms with Gasteiger partial charge in [-0.3, -0.25) is 0 Å². The highest BCUT2D eigenvalue weighted by Crippen LogP contribution is 2.33. The van der Waals surface area contributed by atoms with Gasteiger partial charge in [0, 0.05) is 5.38 Å². The number of hydrogen-bond acceptors (Lipinski definition) is 6. The Kier molecular flexibility index (Phi) is 4.39. The zero-order valence-electron chi connectivity index (χ0n) is 13.6. The summed E-state index contributed by atoms with van der Waals surface area (Å²) < 4.78 is 6.68. The van der Waals surface area contributed by atoms with E-state index in [1.165, 1.54) is 15.7 Å². The van der Waals surface area contributed by atoms with Gasteiger partial charge in [-0.15, -0.1) is 0 Å². The molecule has 24 heavy (non-hydrogen) atoms. The molecule has 0 unspecified atom stereocenters. The van der Waals surface area contributed by atoms with Crippen LogP contribution in [0, 0.1) is 16.0 Å². The SMILES string of the molecule is COc1ccc([C@H](Nc2nc3sccn3c2[N+](=O)[O-])C(C)C)cc1. The molecule has 0 amide bonds. The van der Waals surface area contributed by atoms with Crippen LogP contribution in [0.25, 0.3) is 4.96 Å². The van der Waals surface area contributed by atoms with Gasteiger partial charge in [-0.1, -0.05) is 37.3 Å². The number of methoxy groups -OCH3 is 1. The first-order valence-corrected chi connectivity index (χ1v) is 8.39. The lowest BCUT2D eigenvalue weighted by atomic mass is 9.96. The molecule has 0 bridgehead atoms. The molecule has 0 aliphatic heterocycles. The molecule has 2 aromatic heterocycles. The van der Waals surface area contributed by atoms with Crippen molar-refractivity contribution in [3.63, 3.8) is 0 Å². The summed E-state index contributed by atoms with van der Waals surface area (Å²) in [6.07, 6.45) is 1.66. The maximum atomic E-state index is 11.5. The molecule has 0 aliphatic carbocycles. The van der Waals surface area contributed by atoms with Crippen LogP contribution in [0.1, 0.15) is 25.5 Å². The lowest BCUT2D eigenvalue weighted by Gasteiger charge is -2.22. The fraction of sp³-hybridized carbons (Fsp3) is 0.312. The van der Waals surface area contributed by atoms with E-state index in [1.54, 1.807) is 18.7 Å². The van der Waals surface area contributed by atoms with Crippen LogP contribution in [0.3, 0.4) is 0 Å². The number of imidazole rings is 1. The van der Waals surface area contributed by atoms with Crippen molar-refractivity contribution in [1.29, 1.82) is 0 Å².